The number of allylic oxidation sites excluding steroid dienone is 1. The van der Waals surface area contributed by atoms with Gasteiger partial charge < -0.3 is 10.1 Å². The summed E-state index contributed by atoms with van der Waals surface area (Å²) in [5, 5.41) is 2.63. The maximum atomic E-state index is 11.4. The smallest absolute Gasteiger partial charge is 0.410 e. The topological polar surface area (TPSA) is 55.4 Å². The van der Waals surface area contributed by atoms with E-state index in [4.69, 9.17) is 4.74 Å². The van der Waals surface area contributed by atoms with Crippen molar-refractivity contribution in [2.24, 2.45) is 5.92 Å². The summed E-state index contributed by atoms with van der Waals surface area (Å²) in [6.45, 7) is 0.425. The first-order valence-electron chi connectivity index (χ1n) is 5.46. The van der Waals surface area contributed by atoms with Crippen LogP contribution in [0.1, 0.15) is 6.42 Å². The minimum Gasteiger partial charge on any atom is -0.410 e. The van der Waals surface area contributed by atoms with Gasteiger partial charge in [-0.3, -0.25) is 4.79 Å². The van der Waals surface area contributed by atoms with Crippen molar-refractivity contribution >= 4 is 11.9 Å². The number of carbonyl (C=O) groups excluding carboxylic acids is 2. The molecule has 1 aliphatic rings. The fourth-order valence-electron chi connectivity index (χ4n) is 1.62. The van der Waals surface area contributed by atoms with Gasteiger partial charge in [0, 0.05) is 18.9 Å². The van der Waals surface area contributed by atoms with Crippen molar-refractivity contribution in [1.29, 1.82) is 0 Å². The fraction of sp³-hybridized carbons (Fsp3) is 0.231. The highest BCUT2D eigenvalue weighted by Crippen LogP contribution is 2.13. The van der Waals surface area contributed by atoms with Crippen molar-refractivity contribution in [1.82, 2.24) is 5.32 Å². The molecular formula is C13H13NO3. The third-order valence-corrected chi connectivity index (χ3v) is 2.48. The van der Waals surface area contributed by atoms with Gasteiger partial charge in [0.1, 0.15) is 5.75 Å². The molecule has 2 rings (SSSR count). The van der Waals surface area contributed by atoms with Crippen molar-refractivity contribution in [3.8, 4) is 5.75 Å². The van der Waals surface area contributed by atoms with Gasteiger partial charge in [-0.15, -0.1) is 0 Å². The molecule has 0 radical (unpaired) electrons. The molecule has 1 N–H and O–H groups in total. The summed E-state index contributed by atoms with van der Waals surface area (Å²) in [5.74, 6) is 0.696. The number of amides is 1. The number of para-hydroxylation sites is 1. The lowest BCUT2D eigenvalue weighted by Crippen LogP contribution is -2.30. The third-order valence-electron chi connectivity index (χ3n) is 2.48. The minimum absolute atomic E-state index is 0.0887. The molecule has 0 heterocycles. The van der Waals surface area contributed by atoms with E-state index in [1.807, 2.05) is 12.1 Å². The van der Waals surface area contributed by atoms with Crippen LogP contribution < -0.4 is 10.1 Å². The molecule has 0 saturated carbocycles. The van der Waals surface area contributed by atoms with Crippen LogP contribution in [0.25, 0.3) is 0 Å². The van der Waals surface area contributed by atoms with Gasteiger partial charge in [-0.05, 0) is 18.2 Å². The Morgan fingerprint density at radius 3 is 2.76 bits per heavy atom. The summed E-state index contributed by atoms with van der Waals surface area (Å²) in [6.07, 6.45) is 3.33. The van der Waals surface area contributed by atoms with Crippen LogP contribution in [0.2, 0.25) is 0 Å². The SMILES string of the molecule is O=C1C=CC(CNC(=O)Oc2ccccc2)C1. The van der Waals surface area contributed by atoms with Crippen LogP contribution in [0, 0.1) is 5.92 Å². The summed E-state index contributed by atoms with van der Waals surface area (Å²) >= 11 is 0. The molecule has 0 bridgehead atoms. The molecule has 0 spiro atoms. The Morgan fingerprint density at radius 2 is 2.12 bits per heavy atom. The molecule has 88 valence electrons. The van der Waals surface area contributed by atoms with Crippen molar-refractivity contribution in [2.45, 2.75) is 6.42 Å². The Balaban J connectivity index is 1.75. The number of hydrogen-bond acceptors (Lipinski definition) is 3. The van der Waals surface area contributed by atoms with Gasteiger partial charge in [0.15, 0.2) is 5.78 Å². The lowest BCUT2D eigenvalue weighted by atomic mass is 10.1. The van der Waals surface area contributed by atoms with E-state index >= 15 is 0 Å². The zero-order valence-electron chi connectivity index (χ0n) is 9.26. The zero-order valence-corrected chi connectivity index (χ0v) is 9.26. The van der Waals surface area contributed by atoms with Crippen LogP contribution in [-0.2, 0) is 4.79 Å². The highest BCUT2D eigenvalue weighted by Gasteiger charge is 2.16. The molecule has 4 nitrogen and oxygen atoms in total. The van der Waals surface area contributed by atoms with E-state index in [0.717, 1.165) is 0 Å². The van der Waals surface area contributed by atoms with E-state index in [0.29, 0.717) is 18.7 Å². The lowest BCUT2D eigenvalue weighted by molar-refractivity contribution is -0.114. The standard InChI is InChI=1S/C13H13NO3/c15-11-7-6-10(8-11)9-14-13(16)17-12-4-2-1-3-5-12/h1-7,10H,8-9H2,(H,14,16). The minimum atomic E-state index is -0.496. The average Bonchev–Trinajstić information content (AvgIpc) is 2.74. The molecule has 17 heavy (non-hydrogen) atoms. The largest absolute Gasteiger partial charge is 0.412 e. The van der Waals surface area contributed by atoms with Crippen LogP contribution in [0.3, 0.4) is 0 Å². The summed E-state index contributed by atoms with van der Waals surface area (Å²) in [4.78, 5) is 22.4. The van der Waals surface area contributed by atoms with Gasteiger partial charge >= 0.3 is 6.09 Å². The fourth-order valence-corrected chi connectivity index (χ4v) is 1.62. The Hall–Kier alpha value is -2.10. The van der Waals surface area contributed by atoms with Gasteiger partial charge in [-0.2, -0.15) is 0 Å². The maximum absolute atomic E-state index is 11.4. The van der Waals surface area contributed by atoms with Crippen molar-refractivity contribution in [2.75, 3.05) is 6.54 Å². The molecule has 1 aromatic rings. The monoisotopic (exact) mass is 231 g/mol. The first kappa shape index (κ1) is 11.4. The van der Waals surface area contributed by atoms with Gasteiger partial charge in [0.2, 0.25) is 0 Å². The highest BCUT2D eigenvalue weighted by atomic mass is 16.6. The van der Waals surface area contributed by atoms with Gasteiger partial charge in [-0.1, -0.05) is 24.3 Å². The van der Waals surface area contributed by atoms with Crippen LogP contribution in [-0.4, -0.2) is 18.4 Å². The molecule has 0 saturated heterocycles. The van der Waals surface area contributed by atoms with E-state index in [2.05, 4.69) is 5.32 Å². The summed E-state index contributed by atoms with van der Waals surface area (Å²) in [5.41, 5.74) is 0. The summed E-state index contributed by atoms with van der Waals surface area (Å²) < 4.78 is 5.04. The Labute approximate surface area is 99.3 Å². The van der Waals surface area contributed by atoms with Crippen LogP contribution in [0.15, 0.2) is 42.5 Å². The van der Waals surface area contributed by atoms with Gasteiger partial charge in [0.05, 0.1) is 0 Å². The second-order valence-corrected chi connectivity index (χ2v) is 3.87. The number of ether oxygens (including phenoxy) is 1. The van der Waals surface area contributed by atoms with E-state index in [1.165, 1.54) is 0 Å². The van der Waals surface area contributed by atoms with E-state index in [-0.39, 0.29) is 11.7 Å². The quantitative estimate of drug-likeness (QED) is 0.864. The summed E-state index contributed by atoms with van der Waals surface area (Å²) in [6, 6.07) is 8.85. The third kappa shape index (κ3) is 3.45. The first-order valence-corrected chi connectivity index (χ1v) is 5.46. The van der Waals surface area contributed by atoms with Crippen molar-refractivity contribution in [3.63, 3.8) is 0 Å². The van der Waals surface area contributed by atoms with E-state index in [1.54, 1.807) is 30.3 Å². The number of nitrogens with one attached hydrogen (secondary N) is 1. The number of hydrogen-bond donors (Lipinski definition) is 1. The number of carbonyl (C=O) groups is 2. The van der Waals surface area contributed by atoms with Crippen LogP contribution in [0.4, 0.5) is 4.79 Å². The van der Waals surface area contributed by atoms with Crippen LogP contribution >= 0.6 is 0 Å². The molecule has 1 atom stereocenters. The second-order valence-electron chi connectivity index (χ2n) is 3.87. The van der Waals surface area contributed by atoms with Crippen molar-refractivity contribution < 1.29 is 14.3 Å². The molecule has 1 aliphatic carbocycles. The lowest BCUT2D eigenvalue weighted by Gasteiger charge is -2.09. The molecule has 4 heteroatoms. The molecule has 0 aromatic heterocycles. The predicted octanol–water partition coefficient (Wildman–Crippen LogP) is 1.92. The van der Waals surface area contributed by atoms with E-state index in [9.17, 15) is 9.59 Å². The second kappa shape index (κ2) is 5.30. The van der Waals surface area contributed by atoms with Gasteiger partial charge in [0.25, 0.3) is 0 Å². The number of benzene rings is 1. The Kier molecular flexibility index (Phi) is 3.55. The number of rotatable bonds is 3. The molecule has 0 aliphatic heterocycles. The summed E-state index contributed by atoms with van der Waals surface area (Å²) in [7, 11) is 0. The Morgan fingerprint density at radius 1 is 1.35 bits per heavy atom. The maximum Gasteiger partial charge on any atom is 0.412 e. The molecular weight excluding hydrogens is 218 g/mol. The van der Waals surface area contributed by atoms with E-state index < -0.39 is 6.09 Å². The highest BCUT2D eigenvalue weighted by molar-refractivity contribution is 5.92. The molecule has 1 unspecified atom stereocenters. The average molecular weight is 231 g/mol. The normalized spacial score (nSPS) is 18.1. The molecule has 1 amide bonds. The predicted molar refractivity (Wildman–Crippen MR) is 62.7 cm³/mol. The zero-order chi connectivity index (χ0) is 12.1. The van der Waals surface area contributed by atoms with Gasteiger partial charge in [-0.25, -0.2) is 4.79 Å². The number of ketones is 1. The molecule has 1 aromatic carbocycles. The molecule has 0 fully saturated rings. The van der Waals surface area contributed by atoms with Crippen LogP contribution in [0.5, 0.6) is 5.75 Å². The van der Waals surface area contributed by atoms with Crippen molar-refractivity contribution in [3.05, 3.63) is 42.5 Å². The first-order chi connectivity index (χ1) is 8.24. The Bertz CT molecular complexity index is 439.